The van der Waals surface area contributed by atoms with E-state index in [1.807, 2.05) is 18.2 Å². The summed E-state index contributed by atoms with van der Waals surface area (Å²) in [6, 6.07) is 9.18. The molecule has 0 radical (unpaired) electrons. The SMILES string of the molecule is O=C(O)CCCCCC[C@@H]1[C@@H](C=C[C@@H](O)COc2ccccc2)[C@H](O)C[C@H]1F. The molecule has 1 saturated carbocycles. The second kappa shape index (κ2) is 11.8. The average molecular weight is 394 g/mol. The number of benzene rings is 1. The third-order valence-corrected chi connectivity index (χ3v) is 5.27. The Bertz CT molecular complexity index is 606. The normalized spacial score (nSPS) is 25.8. The minimum atomic E-state index is -1.05. The van der Waals surface area contributed by atoms with Gasteiger partial charge in [-0.2, -0.15) is 0 Å². The van der Waals surface area contributed by atoms with Gasteiger partial charge in [0.05, 0.1) is 6.10 Å². The number of aliphatic hydroxyl groups excluding tert-OH is 2. The summed E-state index contributed by atoms with van der Waals surface area (Å²) in [7, 11) is 0. The number of carboxylic acids is 1. The van der Waals surface area contributed by atoms with Gasteiger partial charge in [0.2, 0.25) is 0 Å². The van der Waals surface area contributed by atoms with Crippen molar-refractivity contribution in [3.63, 3.8) is 0 Å². The molecule has 1 aromatic rings. The molecule has 5 atom stereocenters. The fourth-order valence-electron chi connectivity index (χ4n) is 3.75. The number of unbranched alkanes of at least 4 members (excludes halogenated alkanes) is 3. The summed E-state index contributed by atoms with van der Waals surface area (Å²) in [5, 5.41) is 28.9. The first-order valence-electron chi connectivity index (χ1n) is 10.1. The molecular formula is C22H31FO5. The zero-order valence-corrected chi connectivity index (χ0v) is 16.1. The molecule has 0 amide bonds. The van der Waals surface area contributed by atoms with E-state index >= 15 is 0 Å². The Kier molecular flexibility index (Phi) is 9.44. The van der Waals surface area contributed by atoms with Gasteiger partial charge in [-0.25, -0.2) is 4.39 Å². The number of carboxylic acid groups (broad SMARTS) is 1. The predicted molar refractivity (Wildman–Crippen MR) is 105 cm³/mol. The van der Waals surface area contributed by atoms with Crippen molar-refractivity contribution in [2.75, 3.05) is 6.61 Å². The average Bonchev–Trinajstić information content (AvgIpc) is 2.94. The summed E-state index contributed by atoms with van der Waals surface area (Å²) >= 11 is 0. The van der Waals surface area contributed by atoms with E-state index in [2.05, 4.69) is 0 Å². The van der Waals surface area contributed by atoms with Crippen LogP contribution in [-0.2, 0) is 4.79 Å². The first-order chi connectivity index (χ1) is 13.5. The topological polar surface area (TPSA) is 87.0 Å². The molecule has 3 N–H and O–H groups in total. The van der Waals surface area contributed by atoms with Crippen LogP contribution in [0.15, 0.2) is 42.5 Å². The van der Waals surface area contributed by atoms with Crippen LogP contribution in [-0.4, -0.2) is 46.3 Å². The smallest absolute Gasteiger partial charge is 0.303 e. The fourth-order valence-corrected chi connectivity index (χ4v) is 3.75. The highest BCUT2D eigenvalue weighted by molar-refractivity contribution is 5.66. The van der Waals surface area contributed by atoms with Crippen LogP contribution in [0.3, 0.4) is 0 Å². The zero-order valence-electron chi connectivity index (χ0n) is 16.1. The fraction of sp³-hybridized carbons (Fsp3) is 0.591. The monoisotopic (exact) mass is 394 g/mol. The van der Waals surface area contributed by atoms with E-state index in [-0.39, 0.29) is 31.3 Å². The number of aliphatic carboxylic acids is 1. The van der Waals surface area contributed by atoms with Crippen molar-refractivity contribution >= 4 is 5.97 Å². The molecule has 1 fully saturated rings. The summed E-state index contributed by atoms with van der Waals surface area (Å²) in [6.07, 6.45) is 4.72. The highest BCUT2D eigenvalue weighted by Crippen LogP contribution is 2.39. The molecule has 0 unspecified atom stereocenters. The van der Waals surface area contributed by atoms with E-state index in [9.17, 15) is 19.4 Å². The molecule has 1 aliphatic carbocycles. The molecule has 28 heavy (non-hydrogen) atoms. The number of para-hydroxylation sites is 1. The molecule has 1 aliphatic rings. The Morgan fingerprint density at radius 1 is 1.21 bits per heavy atom. The molecule has 0 bridgehead atoms. The van der Waals surface area contributed by atoms with Crippen LogP contribution in [0.25, 0.3) is 0 Å². The van der Waals surface area contributed by atoms with E-state index in [0.717, 1.165) is 19.3 Å². The lowest BCUT2D eigenvalue weighted by molar-refractivity contribution is -0.137. The van der Waals surface area contributed by atoms with Crippen LogP contribution in [0.5, 0.6) is 5.75 Å². The van der Waals surface area contributed by atoms with Crippen LogP contribution >= 0.6 is 0 Å². The van der Waals surface area contributed by atoms with Crippen molar-refractivity contribution in [1.29, 1.82) is 0 Å². The molecule has 5 nitrogen and oxygen atoms in total. The molecular weight excluding hydrogens is 363 g/mol. The van der Waals surface area contributed by atoms with Crippen LogP contribution in [0.4, 0.5) is 4.39 Å². The molecule has 156 valence electrons. The first-order valence-corrected chi connectivity index (χ1v) is 10.1. The van der Waals surface area contributed by atoms with Crippen LogP contribution in [0.2, 0.25) is 0 Å². The van der Waals surface area contributed by atoms with E-state index in [1.54, 1.807) is 24.3 Å². The summed E-state index contributed by atoms with van der Waals surface area (Å²) in [6.45, 7) is 0.0939. The zero-order chi connectivity index (χ0) is 20.4. The van der Waals surface area contributed by atoms with Gasteiger partial charge in [0.15, 0.2) is 0 Å². The number of rotatable bonds is 12. The van der Waals surface area contributed by atoms with Crippen LogP contribution in [0, 0.1) is 11.8 Å². The van der Waals surface area contributed by atoms with Gasteiger partial charge in [0.25, 0.3) is 0 Å². The molecule has 0 heterocycles. The second-order valence-electron chi connectivity index (χ2n) is 7.48. The minimum Gasteiger partial charge on any atom is -0.491 e. The molecule has 0 aliphatic heterocycles. The summed E-state index contributed by atoms with van der Waals surface area (Å²) in [4.78, 5) is 10.5. The molecule has 0 spiro atoms. The van der Waals surface area contributed by atoms with Crippen molar-refractivity contribution < 1.29 is 29.2 Å². The maximum Gasteiger partial charge on any atom is 0.303 e. The van der Waals surface area contributed by atoms with Gasteiger partial charge in [0.1, 0.15) is 24.6 Å². The lowest BCUT2D eigenvalue weighted by Gasteiger charge is -2.20. The third-order valence-electron chi connectivity index (χ3n) is 5.27. The predicted octanol–water partition coefficient (Wildman–Crippen LogP) is 3.74. The Morgan fingerprint density at radius 2 is 1.93 bits per heavy atom. The van der Waals surface area contributed by atoms with Crippen molar-refractivity contribution in [2.24, 2.45) is 11.8 Å². The van der Waals surface area contributed by atoms with Gasteiger partial charge in [-0.05, 0) is 30.9 Å². The van der Waals surface area contributed by atoms with E-state index in [4.69, 9.17) is 9.84 Å². The molecule has 2 rings (SSSR count). The minimum absolute atomic E-state index is 0.0939. The summed E-state index contributed by atoms with van der Waals surface area (Å²) < 4.78 is 19.8. The Balaban J connectivity index is 1.76. The Morgan fingerprint density at radius 3 is 2.64 bits per heavy atom. The highest BCUT2D eigenvalue weighted by atomic mass is 19.1. The summed E-state index contributed by atoms with van der Waals surface area (Å²) in [5.74, 6) is -0.712. The highest BCUT2D eigenvalue weighted by Gasteiger charge is 2.40. The van der Waals surface area contributed by atoms with Gasteiger partial charge in [-0.3, -0.25) is 4.79 Å². The van der Waals surface area contributed by atoms with Crippen LogP contribution < -0.4 is 4.74 Å². The number of hydrogen-bond donors (Lipinski definition) is 3. The largest absolute Gasteiger partial charge is 0.491 e. The maximum absolute atomic E-state index is 14.3. The molecule has 0 saturated heterocycles. The molecule has 0 aromatic heterocycles. The van der Waals surface area contributed by atoms with Crippen LogP contribution in [0.1, 0.15) is 44.9 Å². The number of aliphatic hydroxyl groups is 2. The van der Waals surface area contributed by atoms with Gasteiger partial charge < -0.3 is 20.1 Å². The molecule has 1 aromatic carbocycles. The third kappa shape index (κ3) is 7.60. The number of halogens is 1. The number of hydrogen-bond acceptors (Lipinski definition) is 4. The summed E-state index contributed by atoms with van der Waals surface area (Å²) in [5.41, 5.74) is 0. The molecule has 6 heteroatoms. The van der Waals surface area contributed by atoms with Gasteiger partial charge in [0, 0.05) is 18.8 Å². The van der Waals surface area contributed by atoms with E-state index < -0.39 is 24.3 Å². The van der Waals surface area contributed by atoms with Crippen molar-refractivity contribution in [3.8, 4) is 5.75 Å². The first kappa shape index (κ1) is 22.4. The van der Waals surface area contributed by atoms with E-state index in [1.165, 1.54) is 0 Å². The Hall–Kier alpha value is -1.92. The van der Waals surface area contributed by atoms with Crippen molar-refractivity contribution in [3.05, 3.63) is 42.5 Å². The van der Waals surface area contributed by atoms with Crippen molar-refractivity contribution in [1.82, 2.24) is 0 Å². The number of alkyl halides is 1. The van der Waals surface area contributed by atoms with Gasteiger partial charge in [-0.1, -0.05) is 49.6 Å². The number of carbonyl (C=O) groups is 1. The lowest BCUT2D eigenvalue weighted by Crippen LogP contribution is -2.21. The van der Waals surface area contributed by atoms with Gasteiger partial charge >= 0.3 is 5.97 Å². The lowest BCUT2D eigenvalue weighted by atomic mass is 9.88. The van der Waals surface area contributed by atoms with E-state index in [0.29, 0.717) is 18.6 Å². The van der Waals surface area contributed by atoms with Crippen molar-refractivity contribution in [2.45, 2.75) is 63.3 Å². The standard InChI is InChI=1S/C22H31FO5/c23-20-14-21(25)19(18(20)10-6-1-2-7-11-22(26)27)13-12-16(24)15-28-17-8-4-3-5-9-17/h3-5,8-9,12-13,16,18-21,24-25H,1-2,6-7,10-11,14-15H2,(H,26,27)/t16-,18-,19-,20-,21-/m1/s1. The quantitative estimate of drug-likeness (QED) is 0.371. The number of ether oxygens (including phenoxy) is 1. The Labute approximate surface area is 165 Å². The maximum atomic E-state index is 14.3. The second-order valence-corrected chi connectivity index (χ2v) is 7.48. The van der Waals surface area contributed by atoms with Gasteiger partial charge in [-0.15, -0.1) is 0 Å².